The number of benzene rings is 2. The van der Waals surface area contributed by atoms with E-state index in [1.165, 1.54) is 28.5 Å². The first-order valence-corrected chi connectivity index (χ1v) is 10.4. The summed E-state index contributed by atoms with van der Waals surface area (Å²) in [6.07, 6.45) is 2.59. The minimum atomic E-state index is -0.259. The Labute approximate surface area is 172 Å². The lowest BCUT2D eigenvalue weighted by molar-refractivity contribution is 0.102. The second-order valence-electron chi connectivity index (χ2n) is 6.13. The Balaban J connectivity index is 1.69. The molecule has 1 aromatic heterocycles. The number of hydrogen-bond acceptors (Lipinski definition) is 4. The summed E-state index contributed by atoms with van der Waals surface area (Å²) in [5.74, 6) is 0.493. The fourth-order valence-corrected chi connectivity index (χ4v) is 3.57. The number of aryl methyl sites for hydroxylation is 2. The summed E-state index contributed by atoms with van der Waals surface area (Å²) in [4.78, 5) is 21.3. The van der Waals surface area contributed by atoms with Crippen molar-refractivity contribution in [1.29, 1.82) is 0 Å². The molecule has 6 heteroatoms. The summed E-state index contributed by atoms with van der Waals surface area (Å²) in [7, 11) is 0. The van der Waals surface area contributed by atoms with Gasteiger partial charge >= 0.3 is 0 Å². The summed E-state index contributed by atoms with van der Waals surface area (Å²) < 4.78 is 0.574. The number of hydrogen-bond donors (Lipinski definition) is 1. The number of aromatic nitrogens is 2. The van der Waals surface area contributed by atoms with Crippen LogP contribution in [-0.2, 0) is 12.2 Å². The summed E-state index contributed by atoms with van der Waals surface area (Å²) in [6, 6.07) is 16.2. The van der Waals surface area contributed by atoms with Crippen LogP contribution < -0.4 is 5.32 Å². The Bertz CT molecular complexity index is 927. The predicted octanol–water partition coefficient (Wildman–Crippen LogP) is 5.65. The average molecular weight is 442 g/mol. The quantitative estimate of drug-likeness (QED) is 0.396. The highest BCUT2D eigenvalue weighted by Crippen LogP contribution is 2.23. The third-order valence-corrected chi connectivity index (χ3v) is 5.56. The van der Waals surface area contributed by atoms with E-state index in [-0.39, 0.29) is 5.91 Å². The highest BCUT2D eigenvalue weighted by atomic mass is 79.9. The highest BCUT2D eigenvalue weighted by molar-refractivity contribution is 9.10. The van der Waals surface area contributed by atoms with Gasteiger partial charge in [0, 0.05) is 17.6 Å². The van der Waals surface area contributed by atoms with Gasteiger partial charge in [-0.1, -0.05) is 60.6 Å². The molecule has 3 aromatic rings. The van der Waals surface area contributed by atoms with E-state index in [2.05, 4.69) is 69.3 Å². The molecule has 0 spiro atoms. The molecular weight excluding hydrogens is 422 g/mol. The number of anilines is 1. The fraction of sp³-hybridized carbons (Fsp3) is 0.190. The summed E-state index contributed by atoms with van der Waals surface area (Å²) in [5, 5.41) is 3.46. The van der Waals surface area contributed by atoms with Crippen LogP contribution in [0.2, 0.25) is 0 Å². The van der Waals surface area contributed by atoms with E-state index in [4.69, 9.17) is 0 Å². The molecule has 0 unspecified atom stereocenters. The zero-order chi connectivity index (χ0) is 19.2. The van der Waals surface area contributed by atoms with Crippen molar-refractivity contribution in [3.8, 4) is 0 Å². The van der Waals surface area contributed by atoms with Gasteiger partial charge in [-0.3, -0.25) is 4.79 Å². The topological polar surface area (TPSA) is 54.9 Å². The standard InChI is InChI=1S/C21H20BrN3OS/c1-3-15-8-10-17(11-9-15)24-20(26)19-18(22)12-23-21(25-19)27-13-16-6-4-14(2)5-7-16/h4-12H,3,13H2,1-2H3,(H,24,26). The molecule has 0 fully saturated rings. The van der Waals surface area contributed by atoms with Crippen molar-refractivity contribution in [1.82, 2.24) is 9.97 Å². The molecule has 1 heterocycles. The average Bonchev–Trinajstić information content (AvgIpc) is 2.69. The van der Waals surface area contributed by atoms with Gasteiger partial charge in [0.1, 0.15) is 5.69 Å². The maximum Gasteiger partial charge on any atom is 0.275 e. The number of carbonyl (C=O) groups is 1. The lowest BCUT2D eigenvalue weighted by Crippen LogP contribution is -2.15. The van der Waals surface area contributed by atoms with Gasteiger partial charge in [-0.2, -0.15) is 0 Å². The molecule has 0 atom stereocenters. The first kappa shape index (κ1) is 19.6. The van der Waals surface area contributed by atoms with Crippen LogP contribution >= 0.6 is 27.7 Å². The van der Waals surface area contributed by atoms with E-state index in [9.17, 15) is 4.79 Å². The molecule has 0 aliphatic heterocycles. The Morgan fingerprint density at radius 3 is 2.41 bits per heavy atom. The Hall–Kier alpha value is -2.18. The number of rotatable bonds is 6. The lowest BCUT2D eigenvalue weighted by atomic mass is 10.1. The van der Waals surface area contributed by atoms with Gasteiger partial charge in [-0.25, -0.2) is 9.97 Å². The third-order valence-electron chi connectivity index (χ3n) is 4.05. The van der Waals surface area contributed by atoms with Crippen molar-refractivity contribution in [2.45, 2.75) is 31.2 Å². The number of amides is 1. The van der Waals surface area contributed by atoms with Crippen molar-refractivity contribution in [2.75, 3.05) is 5.32 Å². The number of nitrogens with zero attached hydrogens (tertiary/aromatic N) is 2. The minimum absolute atomic E-state index is 0.259. The SMILES string of the molecule is CCc1ccc(NC(=O)c2nc(SCc3ccc(C)cc3)ncc2Br)cc1. The van der Waals surface area contributed by atoms with Crippen molar-refractivity contribution in [3.05, 3.63) is 81.6 Å². The first-order valence-electron chi connectivity index (χ1n) is 8.66. The summed E-state index contributed by atoms with van der Waals surface area (Å²) in [5.41, 5.74) is 4.73. The van der Waals surface area contributed by atoms with E-state index < -0.39 is 0 Å². The van der Waals surface area contributed by atoms with Crippen LogP contribution in [-0.4, -0.2) is 15.9 Å². The molecule has 2 aromatic carbocycles. The van der Waals surface area contributed by atoms with Crippen LogP contribution in [0.3, 0.4) is 0 Å². The van der Waals surface area contributed by atoms with Crippen molar-refractivity contribution >= 4 is 39.3 Å². The highest BCUT2D eigenvalue weighted by Gasteiger charge is 2.14. The van der Waals surface area contributed by atoms with E-state index >= 15 is 0 Å². The molecule has 0 saturated heterocycles. The molecule has 0 aliphatic carbocycles. The van der Waals surface area contributed by atoms with Gasteiger partial charge in [0.05, 0.1) is 4.47 Å². The van der Waals surface area contributed by atoms with Gasteiger partial charge in [0.15, 0.2) is 5.16 Å². The monoisotopic (exact) mass is 441 g/mol. The number of thioether (sulfide) groups is 1. The first-order chi connectivity index (χ1) is 13.0. The molecule has 27 heavy (non-hydrogen) atoms. The molecule has 138 valence electrons. The largest absolute Gasteiger partial charge is 0.321 e. The van der Waals surface area contributed by atoms with Crippen LogP contribution in [0.25, 0.3) is 0 Å². The second kappa shape index (κ2) is 9.15. The van der Waals surface area contributed by atoms with Crippen LogP contribution in [0.5, 0.6) is 0 Å². The second-order valence-corrected chi connectivity index (χ2v) is 7.92. The van der Waals surface area contributed by atoms with Gasteiger partial charge in [0.25, 0.3) is 5.91 Å². The van der Waals surface area contributed by atoms with Crippen LogP contribution in [0.4, 0.5) is 5.69 Å². The van der Waals surface area contributed by atoms with Gasteiger partial charge < -0.3 is 5.32 Å². The smallest absolute Gasteiger partial charge is 0.275 e. The number of carbonyl (C=O) groups excluding carboxylic acids is 1. The van der Waals surface area contributed by atoms with Crippen molar-refractivity contribution in [3.63, 3.8) is 0 Å². The molecular formula is C21H20BrN3OS. The predicted molar refractivity (Wildman–Crippen MR) is 114 cm³/mol. The van der Waals surface area contributed by atoms with Crippen LogP contribution in [0, 0.1) is 6.92 Å². The van der Waals surface area contributed by atoms with Crippen LogP contribution in [0.15, 0.2) is 64.4 Å². The minimum Gasteiger partial charge on any atom is -0.321 e. The molecule has 0 radical (unpaired) electrons. The van der Waals surface area contributed by atoms with Crippen LogP contribution in [0.1, 0.15) is 34.1 Å². The van der Waals surface area contributed by atoms with Gasteiger partial charge in [0.2, 0.25) is 0 Å². The molecule has 0 aliphatic rings. The summed E-state index contributed by atoms with van der Waals surface area (Å²) >= 11 is 4.88. The van der Waals surface area contributed by atoms with E-state index in [1.807, 2.05) is 24.3 Å². The van der Waals surface area contributed by atoms with Crippen molar-refractivity contribution in [2.24, 2.45) is 0 Å². The maximum absolute atomic E-state index is 12.6. The number of halogens is 1. The molecule has 1 amide bonds. The number of nitrogens with one attached hydrogen (secondary N) is 1. The van der Waals surface area contributed by atoms with E-state index in [0.29, 0.717) is 15.3 Å². The lowest BCUT2D eigenvalue weighted by Gasteiger charge is -2.08. The maximum atomic E-state index is 12.6. The fourth-order valence-electron chi connectivity index (χ4n) is 2.43. The third kappa shape index (κ3) is 5.40. The zero-order valence-electron chi connectivity index (χ0n) is 15.2. The van der Waals surface area contributed by atoms with Gasteiger partial charge in [-0.15, -0.1) is 0 Å². The van der Waals surface area contributed by atoms with Gasteiger partial charge in [-0.05, 0) is 52.5 Å². The Morgan fingerprint density at radius 2 is 1.74 bits per heavy atom. The summed E-state index contributed by atoms with van der Waals surface area (Å²) in [6.45, 7) is 4.16. The Morgan fingerprint density at radius 1 is 1.07 bits per heavy atom. The molecule has 1 N–H and O–H groups in total. The normalized spacial score (nSPS) is 10.6. The van der Waals surface area contributed by atoms with Crippen molar-refractivity contribution < 1.29 is 4.79 Å². The Kier molecular flexibility index (Phi) is 6.63. The molecule has 0 saturated carbocycles. The molecule has 3 rings (SSSR count). The zero-order valence-corrected chi connectivity index (χ0v) is 17.6. The van der Waals surface area contributed by atoms with E-state index in [0.717, 1.165) is 17.9 Å². The molecule has 4 nitrogen and oxygen atoms in total. The molecule has 0 bridgehead atoms. The van der Waals surface area contributed by atoms with E-state index in [1.54, 1.807) is 6.20 Å².